The number of rotatable bonds is 5. The fourth-order valence-electron chi connectivity index (χ4n) is 2.92. The van der Waals surface area contributed by atoms with E-state index in [4.69, 9.17) is 9.47 Å². The van der Waals surface area contributed by atoms with Gasteiger partial charge in [-0.1, -0.05) is 36.4 Å². The van der Waals surface area contributed by atoms with E-state index in [0.29, 0.717) is 11.4 Å². The van der Waals surface area contributed by atoms with E-state index in [1.807, 2.05) is 65.2 Å². The monoisotopic (exact) mass is 346 g/mol. The summed E-state index contributed by atoms with van der Waals surface area (Å²) in [7, 11) is 1.58. The van der Waals surface area contributed by atoms with Crippen LogP contribution in [0.2, 0.25) is 0 Å². The van der Waals surface area contributed by atoms with Crippen molar-refractivity contribution in [1.29, 1.82) is 5.26 Å². The Bertz CT molecular complexity index is 1010. The summed E-state index contributed by atoms with van der Waals surface area (Å²) in [6, 6.07) is 17.6. The summed E-state index contributed by atoms with van der Waals surface area (Å²) in [5.74, 6) is -0.0522. The van der Waals surface area contributed by atoms with Crippen LogP contribution in [0.5, 0.6) is 5.75 Å². The minimum absolute atomic E-state index is 0.0759. The zero-order chi connectivity index (χ0) is 18.5. The lowest BCUT2D eigenvalue weighted by molar-refractivity contribution is -0.137. The minimum Gasteiger partial charge on any atom is -0.494 e. The van der Waals surface area contributed by atoms with Crippen LogP contribution in [0.15, 0.2) is 60.3 Å². The van der Waals surface area contributed by atoms with Crippen molar-refractivity contribution in [3.63, 3.8) is 0 Å². The third-order valence-electron chi connectivity index (χ3n) is 4.00. The number of hydrogen-bond acceptors (Lipinski definition) is 4. The standard InChI is InChI=1S/C21H18N2O3/c1-3-26-21(24)16(14-22)13-18-20(25-2)19(15-9-5-4-6-10-15)17-11-7-8-12-23(17)18/h4-13H,3H2,1-2H3. The molecule has 0 aliphatic carbocycles. The van der Waals surface area contributed by atoms with E-state index in [1.54, 1.807) is 14.0 Å². The Labute approximate surface area is 151 Å². The summed E-state index contributed by atoms with van der Waals surface area (Å²) in [4.78, 5) is 12.0. The van der Waals surface area contributed by atoms with Gasteiger partial charge in [0, 0.05) is 6.20 Å². The van der Waals surface area contributed by atoms with E-state index < -0.39 is 5.97 Å². The van der Waals surface area contributed by atoms with Crippen LogP contribution in [0.25, 0.3) is 22.7 Å². The average molecular weight is 346 g/mol. The lowest BCUT2D eigenvalue weighted by Gasteiger charge is -2.05. The van der Waals surface area contributed by atoms with Crippen LogP contribution in [0.3, 0.4) is 0 Å². The van der Waals surface area contributed by atoms with Crippen LogP contribution >= 0.6 is 0 Å². The first-order valence-electron chi connectivity index (χ1n) is 8.22. The molecule has 2 heterocycles. The molecule has 26 heavy (non-hydrogen) atoms. The van der Waals surface area contributed by atoms with Gasteiger partial charge in [0.1, 0.15) is 11.6 Å². The number of carbonyl (C=O) groups is 1. The summed E-state index contributed by atoms with van der Waals surface area (Å²) in [5.41, 5.74) is 3.35. The molecule has 0 fully saturated rings. The molecule has 3 aromatic rings. The highest BCUT2D eigenvalue weighted by molar-refractivity contribution is 6.00. The van der Waals surface area contributed by atoms with E-state index in [9.17, 15) is 10.1 Å². The second kappa shape index (κ2) is 7.58. The molecule has 0 spiro atoms. The van der Waals surface area contributed by atoms with Crippen molar-refractivity contribution in [3.8, 4) is 22.9 Å². The van der Waals surface area contributed by atoms with Gasteiger partial charge in [-0.15, -0.1) is 0 Å². The molecule has 0 bridgehead atoms. The highest BCUT2D eigenvalue weighted by Gasteiger charge is 2.21. The Morgan fingerprint density at radius 3 is 2.58 bits per heavy atom. The molecule has 1 aromatic carbocycles. The van der Waals surface area contributed by atoms with Gasteiger partial charge < -0.3 is 13.9 Å². The second-order valence-electron chi connectivity index (χ2n) is 5.51. The smallest absolute Gasteiger partial charge is 0.348 e. The molecular weight excluding hydrogens is 328 g/mol. The summed E-state index contributed by atoms with van der Waals surface area (Å²) >= 11 is 0. The Balaban J connectivity index is 2.30. The number of ether oxygens (including phenoxy) is 2. The molecule has 0 saturated heterocycles. The summed E-state index contributed by atoms with van der Waals surface area (Å²) in [5, 5.41) is 9.37. The maximum atomic E-state index is 12.0. The molecule has 0 aliphatic rings. The van der Waals surface area contributed by atoms with Crippen LogP contribution in [0.1, 0.15) is 12.6 Å². The number of nitrogens with zero attached hydrogens (tertiary/aromatic N) is 2. The number of hydrogen-bond donors (Lipinski definition) is 0. The van der Waals surface area contributed by atoms with E-state index in [0.717, 1.165) is 16.6 Å². The van der Waals surface area contributed by atoms with Gasteiger partial charge >= 0.3 is 5.97 Å². The van der Waals surface area contributed by atoms with Crippen molar-refractivity contribution in [3.05, 3.63) is 66.0 Å². The third kappa shape index (κ3) is 3.05. The molecule has 5 heteroatoms. The Morgan fingerprint density at radius 2 is 1.92 bits per heavy atom. The van der Waals surface area contributed by atoms with Gasteiger partial charge in [-0.2, -0.15) is 5.26 Å². The lowest BCUT2D eigenvalue weighted by Crippen LogP contribution is -2.06. The van der Waals surface area contributed by atoms with Gasteiger partial charge in [0.15, 0.2) is 5.75 Å². The largest absolute Gasteiger partial charge is 0.494 e. The van der Waals surface area contributed by atoms with Crippen molar-refractivity contribution in [2.75, 3.05) is 13.7 Å². The van der Waals surface area contributed by atoms with Gasteiger partial charge in [0.25, 0.3) is 0 Å². The molecule has 0 saturated carbocycles. The van der Waals surface area contributed by atoms with Gasteiger partial charge in [-0.05, 0) is 30.7 Å². The molecule has 0 atom stereocenters. The predicted octanol–water partition coefficient (Wildman–Crippen LogP) is 4.08. The van der Waals surface area contributed by atoms with Crippen LogP contribution in [-0.4, -0.2) is 24.1 Å². The van der Waals surface area contributed by atoms with Gasteiger partial charge in [0.2, 0.25) is 0 Å². The first-order valence-corrected chi connectivity index (χ1v) is 8.22. The Morgan fingerprint density at radius 1 is 1.19 bits per heavy atom. The van der Waals surface area contributed by atoms with E-state index >= 15 is 0 Å². The molecule has 3 rings (SSSR count). The number of pyridine rings is 1. The molecule has 0 amide bonds. The average Bonchev–Trinajstić information content (AvgIpc) is 3.00. The Kier molecular flexibility index (Phi) is 5.04. The topological polar surface area (TPSA) is 63.7 Å². The van der Waals surface area contributed by atoms with Crippen molar-refractivity contribution in [2.24, 2.45) is 0 Å². The molecule has 5 nitrogen and oxygen atoms in total. The zero-order valence-corrected chi connectivity index (χ0v) is 14.6. The normalized spacial score (nSPS) is 11.2. The van der Waals surface area contributed by atoms with Crippen molar-refractivity contribution in [1.82, 2.24) is 4.40 Å². The van der Waals surface area contributed by atoms with Crippen LogP contribution in [0, 0.1) is 11.3 Å². The highest BCUT2D eigenvalue weighted by Crippen LogP contribution is 2.40. The van der Waals surface area contributed by atoms with Gasteiger partial charge in [-0.3, -0.25) is 0 Å². The first-order chi connectivity index (χ1) is 12.7. The van der Waals surface area contributed by atoms with Crippen molar-refractivity contribution < 1.29 is 14.3 Å². The molecule has 0 unspecified atom stereocenters. The summed E-state index contributed by atoms with van der Waals surface area (Å²) < 4.78 is 12.5. The second-order valence-corrected chi connectivity index (χ2v) is 5.51. The number of fused-ring (bicyclic) bond motifs is 1. The van der Waals surface area contributed by atoms with Gasteiger partial charge in [0.05, 0.1) is 30.5 Å². The quantitative estimate of drug-likeness (QED) is 0.397. The lowest BCUT2D eigenvalue weighted by atomic mass is 10.1. The SMILES string of the molecule is CCOC(=O)C(C#N)=Cc1c(OC)c(-c2ccccc2)c2ccccn12. The number of carbonyl (C=O) groups excluding carboxylic acids is 1. The molecule has 0 N–H and O–H groups in total. The molecule has 2 aromatic heterocycles. The van der Waals surface area contributed by atoms with E-state index in [2.05, 4.69) is 0 Å². The fourth-order valence-corrected chi connectivity index (χ4v) is 2.92. The van der Waals surface area contributed by atoms with Crippen molar-refractivity contribution in [2.45, 2.75) is 6.92 Å². The van der Waals surface area contributed by atoms with E-state index in [-0.39, 0.29) is 12.2 Å². The summed E-state index contributed by atoms with van der Waals surface area (Å²) in [6.07, 6.45) is 3.38. The third-order valence-corrected chi connectivity index (χ3v) is 4.00. The molecule has 0 aliphatic heterocycles. The van der Waals surface area contributed by atoms with E-state index in [1.165, 1.54) is 6.08 Å². The number of aromatic nitrogens is 1. The first kappa shape index (κ1) is 17.3. The number of esters is 1. The maximum absolute atomic E-state index is 12.0. The minimum atomic E-state index is -0.649. The predicted molar refractivity (Wildman–Crippen MR) is 99.6 cm³/mol. The fraction of sp³-hybridized carbons (Fsp3) is 0.143. The van der Waals surface area contributed by atoms with Crippen LogP contribution in [0.4, 0.5) is 0 Å². The van der Waals surface area contributed by atoms with Crippen molar-refractivity contribution >= 4 is 17.6 Å². The highest BCUT2D eigenvalue weighted by atomic mass is 16.5. The molecule has 0 radical (unpaired) electrons. The maximum Gasteiger partial charge on any atom is 0.348 e. The number of methoxy groups -OCH3 is 1. The molecule has 130 valence electrons. The number of nitriles is 1. The van der Waals surface area contributed by atoms with Crippen LogP contribution in [-0.2, 0) is 9.53 Å². The zero-order valence-electron chi connectivity index (χ0n) is 14.6. The van der Waals surface area contributed by atoms with Gasteiger partial charge in [-0.25, -0.2) is 4.79 Å². The summed E-state index contributed by atoms with van der Waals surface area (Å²) in [6.45, 7) is 1.91. The number of benzene rings is 1. The van der Waals surface area contributed by atoms with Crippen LogP contribution < -0.4 is 4.74 Å². The molecular formula is C21H18N2O3. The Hall–Kier alpha value is -3.52.